The van der Waals surface area contributed by atoms with E-state index in [1.807, 2.05) is 0 Å². The second-order valence-electron chi connectivity index (χ2n) is 7.37. The van der Waals surface area contributed by atoms with E-state index in [1.165, 1.54) is 38.5 Å². The molecule has 120 valence electrons. The average Bonchev–Trinajstić information content (AvgIpc) is 3.25. The highest BCUT2D eigenvalue weighted by Gasteiger charge is 2.39. The Hall–Kier alpha value is -0.880. The van der Waals surface area contributed by atoms with E-state index in [4.69, 9.17) is 24.4 Å². The zero-order valence-electron chi connectivity index (χ0n) is 12.7. The molecule has 0 aliphatic heterocycles. The van der Waals surface area contributed by atoms with Gasteiger partial charge in [0.1, 0.15) is 0 Å². The molecule has 0 saturated heterocycles. The Kier molecular flexibility index (Phi) is 3.98. The molecule has 0 radical (unpaired) electrons. The van der Waals surface area contributed by atoms with E-state index in [0.29, 0.717) is 28.2 Å². The third-order valence-electron chi connectivity index (χ3n) is 5.94. The molecule has 6 heteroatoms. The van der Waals surface area contributed by atoms with Crippen LogP contribution >= 0.6 is 24.4 Å². The minimum absolute atomic E-state index is 0.476. The summed E-state index contributed by atoms with van der Waals surface area (Å²) in [7, 11) is 0. The molecule has 0 heterocycles. The summed E-state index contributed by atoms with van der Waals surface area (Å²) in [5, 5.41) is 8.15. The van der Waals surface area contributed by atoms with E-state index in [-0.39, 0.29) is 0 Å². The van der Waals surface area contributed by atoms with Gasteiger partial charge in [0.05, 0.1) is 0 Å². The summed E-state index contributed by atoms with van der Waals surface area (Å²) >= 11 is 10.7. The van der Waals surface area contributed by atoms with Gasteiger partial charge in [-0.2, -0.15) is 0 Å². The van der Waals surface area contributed by atoms with Crippen molar-refractivity contribution in [3.05, 3.63) is 12.2 Å². The van der Waals surface area contributed by atoms with Crippen molar-refractivity contribution < 1.29 is 0 Å². The van der Waals surface area contributed by atoms with Gasteiger partial charge < -0.3 is 10.6 Å². The molecule has 3 saturated carbocycles. The summed E-state index contributed by atoms with van der Waals surface area (Å²) in [6.07, 6.45) is 12.5. The van der Waals surface area contributed by atoms with Crippen molar-refractivity contribution >= 4 is 34.7 Å². The molecule has 4 N–H and O–H groups in total. The summed E-state index contributed by atoms with van der Waals surface area (Å²) in [6.45, 7) is 0. The fraction of sp³-hybridized carbons (Fsp3) is 0.750. The van der Waals surface area contributed by atoms with Gasteiger partial charge in [0, 0.05) is 12.1 Å². The lowest BCUT2D eigenvalue weighted by atomic mass is 9.96. The van der Waals surface area contributed by atoms with Gasteiger partial charge >= 0.3 is 0 Å². The summed E-state index contributed by atoms with van der Waals surface area (Å²) in [6, 6.07) is 1.03. The standard InChI is InChI=1S/C16H24N4S2/c21-15(17-13-7-9-1-3-11(13)5-9)19-20-16(22)18-14-8-10-2-4-12(14)6-10/h1,3,9-14H,2,4-8H2,(H2,17,19,21)(H2,18,20,22)/t9-,10-,11-,12-,13-,14+/m0/s1. The Morgan fingerprint density at radius 3 is 2.14 bits per heavy atom. The second kappa shape index (κ2) is 5.96. The summed E-state index contributed by atoms with van der Waals surface area (Å²) in [5.41, 5.74) is 6.06. The predicted octanol–water partition coefficient (Wildman–Crippen LogP) is 1.98. The number of hydrazine groups is 1. The third kappa shape index (κ3) is 2.95. The lowest BCUT2D eigenvalue weighted by molar-refractivity contribution is 0.388. The largest absolute Gasteiger partial charge is 0.358 e. The second-order valence-corrected chi connectivity index (χ2v) is 8.18. The van der Waals surface area contributed by atoms with Gasteiger partial charge in [0.25, 0.3) is 0 Å². The van der Waals surface area contributed by atoms with E-state index < -0.39 is 0 Å². The molecule has 22 heavy (non-hydrogen) atoms. The van der Waals surface area contributed by atoms with Crippen LogP contribution in [0.2, 0.25) is 0 Å². The Balaban J connectivity index is 1.17. The number of fused-ring (bicyclic) bond motifs is 4. The van der Waals surface area contributed by atoms with Crippen LogP contribution in [-0.2, 0) is 0 Å². The molecule has 4 bridgehead atoms. The number of thiocarbonyl (C=S) groups is 2. The van der Waals surface area contributed by atoms with E-state index in [2.05, 4.69) is 33.6 Å². The molecule has 4 rings (SSSR count). The molecule has 0 aromatic heterocycles. The van der Waals surface area contributed by atoms with Gasteiger partial charge in [-0.3, -0.25) is 10.9 Å². The maximum absolute atomic E-state index is 5.38. The highest BCUT2D eigenvalue weighted by atomic mass is 32.1. The van der Waals surface area contributed by atoms with Gasteiger partial charge in [-0.25, -0.2) is 0 Å². The maximum atomic E-state index is 5.38. The minimum Gasteiger partial charge on any atom is -0.358 e. The molecule has 0 unspecified atom stereocenters. The molecule has 4 aliphatic carbocycles. The van der Waals surface area contributed by atoms with Crippen molar-refractivity contribution in [2.75, 3.05) is 0 Å². The number of allylic oxidation sites excluding steroid dienone is 1. The molecule has 4 aliphatic rings. The first-order valence-electron chi connectivity index (χ1n) is 8.48. The van der Waals surface area contributed by atoms with E-state index in [0.717, 1.165) is 17.8 Å². The van der Waals surface area contributed by atoms with Gasteiger partial charge in [0.2, 0.25) is 0 Å². The van der Waals surface area contributed by atoms with E-state index in [1.54, 1.807) is 0 Å². The summed E-state index contributed by atoms with van der Waals surface area (Å²) < 4.78 is 0. The molecule has 0 spiro atoms. The first-order chi connectivity index (χ1) is 10.7. The van der Waals surface area contributed by atoms with Crippen molar-refractivity contribution in [1.82, 2.24) is 21.5 Å². The average molecular weight is 337 g/mol. The Labute approximate surface area is 142 Å². The molecule has 0 aromatic rings. The van der Waals surface area contributed by atoms with Crippen molar-refractivity contribution in [2.24, 2.45) is 23.7 Å². The normalized spacial score (nSPS) is 40.7. The number of nitrogens with one attached hydrogen (secondary N) is 4. The molecule has 3 fully saturated rings. The smallest absolute Gasteiger partial charge is 0.185 e. The monoisotopic (exact) mass is 336 g/mol. The van der Waals surface area contributed by atoms with E-state index >= 15 is 0 Å². The molecule has 0 amide bonds. The lowest BCUT2D eigenvalue weighted by Crippen LogP contribution is -2.54. The van der Waals surface area contributed by atoms with Crippen LogP contribution in [0, 0.1) is 23.7 Å². The van der Waals surface area contributed by atoms with Crippen LogP contribution in [0.1, 0.15) is 38.5 Å². The number of rotatable bonds is 2. The van der Waals surface area contributed by atoms with Crippen LogP contribution in [0.5, 0.6) is 0 Å². The fourth-order valence-electron chi connectivity index (χ4n) is 4.89. The molecular weight excluding hydrogens is 312 g/mol. The van der Waals surface area contributed by atoms with Crippen LogP contribution in [0.3, 0.4) is 0 Å². The third-order valence-corrected chi connectivity index (χ3v) is 6.38. The summed E-state index contributed by atoms with van der Waals surface area (Å²) in [5.74, 6) is 3.13. The Morgan fingerprint density at radius 2 is 1.59 bits per heavy atom. The highest BCUT2D eigenvalue weighted by molar-refractivity contribution is 7.80. The van der Waals surface area contributed by atoms with Crippen LogP contribution < -0.4 is 21.5 Å². The quantitative estimate of drug-likeness (QED) is 0.351. The van der Waals surface area contributed by atoms with Crippen molar-refractivity contribution in [3.8, 4) is 0 Å². The SMILES string of the molecule is S=C(NNC(=S)N[C@@H]1C[C@H]2CC[C@H]1C2)N[C@H]1C[C@H]2C=C[C@H]1C2. The van der Waals surface area contributed by atoms with Crippen LogP contribution in [0.25, 0.3) is 0 Å². The van der Waals surface area contributed by atoms with Gasteiger partial charge in [-0.1, -0.05) is 18.6 Å². The number of hydrogen-bond donors (Lipinski definition) is 4. The first kappa shape index (κ1) is 14.7. The zero-order valence-corrected chi connectivity index (χ0v) is 14.3. The first-order valence-corrected chi connectivity index (χ1v) is 9.30. The fourth-order valence-corrected chi connectivity index (χ4v) is 5.30. The van der Waals surface area contributed by atoms with Crippen molar-refractivity contribution in [2.45, 2.75) is 50.6 Å². The van der Waals surface area contributed by atoms with E-state index in [9.17, 15) is 0 Å². The maximum Gasteiger partial charge on any atom is 0.185 e. The summed E-state index contributed by atoms with van der Waals surface area (Å²) in [4.78, 5) is 0. The lowest BCUT2D eigenvalue weighted by Gasteiger charge is -2.26. The van der Waals surface area contributed by atoms with Gasteiger partial charge in [-0.05, 0) is 80.2 Å². The highest BCUT2D eigenvalue weighted by Crippen LogP contribution is 2.44. The molecule has 0 aromatic carbocycles. The topological polar surface area (TPSA) is 48.1 Å². The molecule has 6 atom stereocenters. The molecular formula is C16H24N4S2. The van der Waals surface area contributed by atoms with Crippen LogP contribution in [0.15, 0.2) is 12.2 Å². The van der Waals surface area contributed by atoms with Crippen LogP contribution in [-0.4, -0.2) is 22.3 Å². The Bertz CT molecular complexity index is 506. The zero-order chi connectivity index (χ0) is 15.1. The van der Waals surface area contributed by atoms with Crippen LogP contribution in [0.4, 0.5) is 0 Å². The van der Waals surface area contributed by atoms with Gasteiger partial charge in [-0.15, -0.1) is 0 Å². The minimum atomic E-state index is 0.476. The Morgan fingerprint density at radius 1 is 0.818 bits per heavy atom. The van der Waals surface area contributed by atoms with Crippen molar-refractivity contribution in [1.29, 1.82) is 0 Å². The van der Waals surface area contributed by atoms with Crippen molar-refractivity contribution in [3.63, 3.8) is 0 Å². The predicted molar refractivity (Wildman–Crippen MR) is 96.1 cm³/mol. The molecule has 4 nitrogen and oxygen atoms in total. The van der Waals surface area contributed by atoms with Gasteiger partial charge in [0.15, 0.2) is 10.2 Å². The number of hydrogen-bond acceptors (Lipinski definition) is 2.